The Kier molecular flexibility index (Phi) is 1.53. The molecule has 2 fully saturated rings. The second-order valence-electron chi connectivity index (χ2n) is 2.73. The second kappa shape index (κ2) is 2.17. The summed E-state index contributed by atoms with van der Waals surface area (Å²) in [5, 5.41) is 9.41. The summed E-state index contributed by atoms with van der Waals surface area (Å²) in [6, 6.07) is 0. The molecule has 1 N–H and O–H groups in total. The van der Waals surface area contributed by atoms with Crippen molar-refractivity contribution < 1.29 is 14.6 Å². The van der Waals surface area contributed by atoms with Crippen LogP contribution in [0.3, 0.4) is 0 Å². The number of alkyl halides is 1. The molecule has 4 heteroatoms. The van der Waals surface area contributed by atoms with Crippen LogP contribution in [0.5, 0.6) is 0 Å². The van der Waals surface area contributed by atoms with Crippen molar-refractivity contribution in [1.82, 2.24) is 0 Å². The fourth-order valence-corrected chi connectivity index (χ4v) is 1.96. The third-order valence-corrected chi connectivity index (χ3v) is 3.40. The number of rotatable bonds is 0. The highest BCUT2D eigenvalue weighted by molar-refractivity contribution is 9.10. The van der Waals surface area contributed by atoms with Crippen LogP contribution in [0.4, 0.5) is 0 Å². The molecule has 2 aliphatic heterocycles. The van der Waals surface area contributed by atoms with Gasteiger partial charge < -0.3 is 14.6 Å². The van der Waals surface area contributed by atoms with Gasteiger partial charge in [-0.05, 0) is 6.42 Å². The van der Waals surface area contributed by atoms with E-state index < -0.39 is 6.10 Å². The third kappa shape index (κ3) is 0.763. The molecular weight excluding hydrogens is 200 g/mol. The van der Waals surface area contributed by atoms with Crippen molar-refractivity contribution in [2.45, 2.75) is 23.1 Å². The molecule has 0 bridgehead atoms. The van der Waals surface area contributed by atoms with E-state index in [1.807, 2.05) is 0 Å². The second-order valence-corrected chi connectivity index (χ2v) is 4.21. The van der Waals surface area contributed by atoms with Crippen molar-refractivity contribution in [3.63, 3.8) is 0 Å². The van der Waals surface area contributed by atoms with Gasteiger partial charge in [-0.25, -0.2) is 0 Å². The lowest BCUT2D eigenvalue weighted by Gasteiger charge is -2.20. The van der Waals surface area contributed by atoms with Crippen LogP contribution in [0.2, 0.25) is 0 Å². The number of ether oxygens (including phenoxy) is 2. The summed E-state index contributed by atoms with van der Waals surface area (Å²) in [5.74, 6) is 0. The van der Waals surface area contributed by atoms with Gasteiger partial charge in [0.05, 0.1) is 19.3 Å². The third-order valence-electron chi connectivity index (χ3n) is 2.11. The molecule has 0 aliphatic carbocycles. The fourth-order valence-electron chi connectivity index (χ4n) is 1.41. The summed E-state index contributed by atoms with van der Waals surface area (Å²) < 4.78 is 10.1. The van der Waals surface area contributed by atoms with Gasteiger partial charge in [-0.2, -0.15) is 0 Å². The van der Waals surface area contributed by atoms with E-state index >= 15 is 0 Å². The zero-order valence-corrected chi connectivity index (χ0v) is 7.00. The molecule has 0 aromatic rings. The predicted molar refractivity (Wildman–Crippen MR) is 38.0 cm³/mol. The van der Waals surface area contributed by atoms with Gasteiger partial charge in [0.1, 0.15) is 4.32 Å². The summed E-state index contributed by atoms with van der Waals surface area (Å²) in [5.41, 5.74) is 0. The maximum atomic E-state index is 9.41. The summed E-state index contributed by atoms with van der Waals surface area (Å²) in [4.78, 5) is 0. The minimum absolute atomic E-state index is 0.234. The van der Waals surface area contributed by atoms with Crippen molar-refractivity contribution in [3.05, 3.63) is 0 Å². The lowest BCUT2D eigenvalue weighted by molar-refractivity contribution is -0.0861. The Morgan fingerprint density at radius 1 is 1.50 bits per heavy atom. The van der Waals surface area contributed by atoms with Crippen LogP contribution in [0.1, 0.15) is 6.42 Å². The van der Waals surface area contributed by atoms with Gasteiger partial charge in [0, 0.05) is 0 Å². The topological polar surface area (TPSA) is 38.7 Å². The van der Waals surface area contributed by atoms with Crippen molar-refractivity contribution in [2.24, 2.45) is 0 Å². The Morgan fingerprint density at radius 2 is 2.30 bits per heavy atom. The molecule has 3 nitrogen and oxygen atoms in total. The van der Waals surface area contributed by atoms with E-state index in [0.717, 1.165) is 6.42 Å². The van der Waals surface area contributed by atoms with E-state index in [9.17, 15) is 5.11 Å². The zero-order valence-electron chi connectivity index (χ0n) is 5.42. The molecular formula is C6H9BrO3. The van der Waals surface area contributed by atoms with Crippen LogP contribution in [-0.4, -0.2) is 35.0 Å². The normalized spacial score (nSPS) is 53.4. The van der Waals surface area contributed by atoms with E-state index in [-0.39, 0.29) is 10.6 Å². The molecule has 2 saturated heterocycles. The van der Waals surface area contributed by atoms with Crippen molar-refractivity contribution in [3.8, 4) is 0 Å². The first-order valence-electron chi connectivity index (χ1n) is 3.34. The maximum absolute atomic E-state index is 9.41. The maximum Gasteiger partial charge on any atom is 0.175 e. The van der Waals surface area contributed by atoms with Crippen LogP contribution in [0.25, 0.3) is 0 Å². The lowest BCUT2D eigenvalue weighted by Crippen LogP contribution is -2.36. The van der Waals surface area contributed by atoms with Gasteiger partial charge in [0.25, 0.3) is 0 Å². The molecule has 0 aromatic heterocycles. The largest absolute Gasteiger partial charge is 0.389 e. The minimum Gasteiger partial charge on any atom is -0.389 e. The molecule has 2 aliphatic rings. The summed E-state index contributed by atoms with van der Waals surface area (Å²) >= 11 is 3.44. The standard InChI is InChI=1S/C6H9BrO3/c7-6-1-2-9-5(6)10-3-4(6)8/h4-5,8H,1-3H2/t4?,5-,6-/m1/s1. The average Bonchev–Trinajstić information content (AvgIpc) is 2.36. The fraction of sp³-hybridized carbons (Fsp3) is 1.00. The number of fused-ring (bicyclic) bond motifs is 1. The quantitative estimate of drug-likeness (QED) is 0.581. The van der Waals surface area contributed by atoms with Gasteiger partial charge in [0.15, 0.2) is 6.29 Å². The zero-order chi connectivity index (χ0) is 7.19. The highest BCUT2D eigenvalue weighted by Gasteiger charge is 2.53. The number of hydrogen-bond donors (Lipinski definition) is 1. The molecule has 1 unspecified atom stereocenters. The van der Waals surface area contributed by atoms with E-state index in [4.69, 9.17) is 9.47 Å². The van der Waals surface area contributed by atoms with Gasteiger partial charge >= 0.3 is 0 Å². The van der Waals surface area contributed by atoms with E-state index in [1.165, 1.54) is 0 Å². The highest BCUT2D eigenvalue weighted by Crippen LogP contribution is 2.42. The van der Waals surface area contributed by atoms with Gasteiger partial charge in [-0.3, -0.25) is 0 Å². The summed E-state index contributed by atoms with van der Waals surface area (Å²) in [7, 11) is 0. The Hall–Kier alpha value is 0.360. The molecule has 2 rings (SSSR count). The van der Waals surface area contributed by atoms with Crippen molar-refractivity contribution >= 4 is 15.9 Å². The van der Waals surface area contributed by atoms with Crippen molar-refractivity contribution in [1.29, 1.82) is 0 Å². The lowest BCUT2D eigenvalue weighted by atomic mass is 10.0. The number of hydrogen-bond acceptors (Lipinski definition) is 3. The van der Waals surface area contributed by atoms with Crippen LogP contribution in [0, 0.1) is 0 Å². The molecule has 58 valence electrons. The van der Waals surface area contributed by atoms with Crippen LogP contribution < -0.4 is 0 Å². The first kappa shape index (κ1) is 7.03. The SMILES string of the molecule is OC1CO[C@H]2OCC[C@@]12Br. The van der Waals surface area contributed by atoms with Crippen LogP contribution in [0.15, 0.2) is 0 Å². The van der Waals surface area contributed by atoms with Gasteiger partial charge in [-0.1, -0.05) is 15.9 Å². The molecule has 2 heterocycles. The first-order valence-corrected chi connectivity index (χ1v) is 4.13. The number of halogens is 1. The molecule has 0 radical (unpaired) electrons. The summed E-state index contributed by atoms with van der Waals surface area (Å²) in [6.45, 7) is 1.06. The van der Waals surface area contributed by atoms with Crippen molar-refractivity contribution in [2.75, 3.05) is 13.2 Å². The van der Waals surface area contributed by atoms with E-state index in [0.29, 0.717) is 13.2 Å². The Bertz CT molecular complexity index is 152. The van der Waals surface area contributed by atoms with Crippen LogP contribution >= 0.6 is 15.9 Å². The minimum atomic E-state index is -0.417. The smallest absolute Gasteiger partial charge is 0.175 e. The van der Waals surface area contributed by atoms with Crippen LogP contribution in [-0.2, 0) is 9.47 Å². The number of aliphatic hydroxyl groups excluding tert-OH is 1. The monoisotopic (exact) mass is 208 g/mol. The Morgan fingerprint density at radius 3 is 3.00 bits per heavy atom. The molecule has 3 atom stereocenters. The molecule has 0 amide bonds. The van der Waals surface area contributed by atoms with E-state index in [2.05, 4.69) is 15.9 Å². The first-order chi connectivity index (χ1) is 4.73. The summed E-state index contributed by atoms with van der Waals surface area (Å²) in [6.07, 6.45) is 0.182. The average molecular weight is 209 g/mol. The molecule has 0 spiro atoms. The molecule has 0 aromatic carbocycles. The molecule has 0 saturated carbocycles. The highest BCUT2D eigenvalue weighted by atomic mass is 79.9. The number of aliphatic hydroxyl groups is 1. The van der Waals surface area contributed by atoms with Gasteiger partial charge in [-0.15, -0.1) is 0 Å². The van der Waals surface area contributed by atoms with Gasteiger partial charge in [0.2, 0.25) is 0 Å². The predicted octanol–water partition coefficient (Wildman–Crippen LogP) is 0.258. The Labute approximate surface area is 67.4 Å². The Balaban J connectivity index is 2.21. The van der Waals surface area contributed by atoms with E-state index in [1.54, 1.807) is 0 Å². The molecule has 10 heavy (non-hydrogen) atoms.